The highest BCUT2D eigenvalue weighted by Crippen LogP contribution is 1.97. The first-order chi connectivity index (χ1) is 6.00. The lowest BCUT2D eigenvalue weighted by molar-refractivity contribution is -0.606. The van der Waals surface area contributed by atoms with E-state index in [9.17, 15) is 9.59 Å². The zero-order chi connectivity index (χ0) is 10.4. The first-order valence-corrected chi connectivity index (χ1v) is 2.78. The van der Waals surface area contributed by atoms with E-state index in [1.54, 1.807) is 0 Å². The number of aliphatic hydroxyl groups is 2. The minimum Gasteiger partial charge on any atom is -0.479 e. The number of carbonyl (C=O) groups is 2. The molecule has 0 fully saturated rings. The molecule has 0 saturated carbocycles. The van der Waals surface area contributed by atoms with Crippen LogP contribution in [0.15, 0.2) is 0 Å². The maximum absolute atomic E-state index is 10.4. The summed E-state index contributed by atoms with van der Waals surface area (Å²) < 4.78 is 0. The van der Waals surface area contributed by atoms with Crippen molar-refractivity contribution >= 4 is 11.9 Å². The number of hydrogen-bond acceptors (Lipinski definition) is 8. The van der Waals surface area contributed by atoms with Crippen LogP contribution in [-0.2, 0) is 24.6 Å². The second-order valence-electron chi connectivity index (χ2n) is 1.77. The molecule has 0 aromatic heterocycles. The van der Waals surface area contributed by atoms with E-state index < -0.39 is 24.1 Å². The molecule has 0 aliphatic heterocycles. The van der Waals surface area contributed by atoms with Crippen LogP contribution in [0.1, 0.15) is 0 Å². The fourth-order valence-corrected chi connectivity index (χ4v) is 0.362. The highest BCUT2D eigenvalue weighted by Gasteiger charge is 2.32. The van der Waals surface area contributed by atoms with Crippen molar-refractivity contribution < 1.29 is 45.1 Å². The van der Waals surface area contributed by atoms with E-state index in [1.807, 2.05) is 0 Å². The van der Waals surface area contributed by atoms with Crippen molar-refractivity contribution in [2.24, 2.45) is 0 Å². The van der Waals surface area contributed by atoms with Crippen molar-refractivity contribution in [2.45, 2.75) is 12.2 Å². The molecular formula is C4H6O9. The Hall–Kier alpha value is -1.26. The second kappa shape index (κ2) is 5.40. The van der Waals surface area contributed by atoms with E-state index in [0.29, 0.717) is 0 Å². The van der Waals surface area contributed by atoms with Crippen LogP contribution in [0.2, 0.25) is 0 Å². The average molecular weight is 198 g/mol. The van der Waals surface area contributed by atoms with Crippen LogP contribution in [-0.4, -0.2) is 44.7 Å². The second-order valence-corrected chi connectivity index (χ2v) is 1.77. The Morgan fingerprint density at radius 1 is 1.15 bits per heavy atom. The van der Waals surface area contributed by atoms with Crippen molar-refractivity contribution in [1.29, 1.82) is 0 Å². The monoisotopic (exact) mass is 198 g/mol. The largest absolute Gasteiger partial charge is 0.479 e. The lowest BCUT2D eigenvalue weighted by Crippen LogP contribution is -2.40. The van der Waals surface area contributed by atoms with Crippen LogP contribution < -0.4 is 0 Å². The molecule has 0 aliphatic carbocycles. The predicted octanol–water partition coefficient (Wildman–Crippen LogP) is -2.33. The summed E-state index contributed by atoms with van der Waals surface area (Å²) in [4.78, 5) is 23.9. The summed E-state index contributed by atoms with van der Waals surface area (Å²) in [5, 5.41) is 38.8. The van der Waals surface area contributed by atoms with Crippen LogP contribution in [0.5, 0.6) is 0 Å². The number of carboxylic acid groups (broad SMARTS) is 1. The summed E-state index contributed by atoms with van der Waals surface area (Å²) in [6, 6.07) is 0. The van der Waals surface area contributed by atoms with Gasteiger partial charge in [0.05, 0.1) is 0 Å². The quantitative estimate of drug-likeness (QED) is 0.282. The van der Waals surface area contributed by atoms with Gasteiger partial charge in [0.15, 0.2) is 12.2 Å². The van der Waals surface area contributed by atoms with Crippen molar-refractivity contribution in [3.63, 3.8) is 0 Å². The molecule has 0 radical (unpaired) electrons. The maximum atomic E-state index is 10.4. The van der Waals surface area contributed by atoms with Gasteiger partial charge in [0, 0.05) is 5.04 Å². The molecule has 0 rings (SSSR count). The van der Waals surface area contributed by atoms with Gasteiger partial charge in [-0.3, -0.25) is 4.89 Å². The first-order valence-electron chi connectivity index (χ1n) is 2.78. The Kier molecular flexibility index (Phi) is 4.87. The molecular weight excluding hydrogens is 192 g/mol. The molecule has 0 bridgehead atoms. The van der Waals surface area contributed by atoms with Gasteiger partial charge < -0.3 is 15.3 Å². The Labute approximate surface area is 70.5 Å². The number of aliphatic hydroxyl groups excluding tert-OH is 2. The van der Waals surface area contributed by atoms with Crippen molar-refractivity contribution in [3.05, 3.63) is 0 Å². The highest BCUT2D eigenvalue weighted by atomic mass is 17.6. The normalized spacial score (nSPS) is 14.7. The van der Waals surface area contributed by atoms with E-state index in [1.165, 1.54) is 0 Å². The summed E-state index contributed by atoms with van der Waals surface area (Å²) in [7, 11) is 0. The van der Waals surface area contributed by atoms with Gasteiger partial charge in [-0.15, -0.1) is 0 Å². The molecule has 0 spiro atoms. The molecule has 0 aromatic carbocycles. The molecule has 9 nitrogen and oxygen atoms in total. The Morgan fingerprint density at radius 3 is 2.08 bits per heavy atom. The van der Waals surface area contributed by atoms with Crippen LogP contribution in [0.3, 0.4) is 0 Å². The summed E-state index contributed by atoms with van der Waals surface area (Å²) in [5.74, 6) is -3.46. The molecule has 9 heteroatoms. The minimum atomic E-state index is -2.35. The Balaban J connectivity index is 4.01. The third-order valence-electron chi connectivity index (χ3n) is 0.940. The van der Waals surface area contributed by atoms with Crippen LogP contribution >= 0.6 is 0 Å². The minimum absolute atomic E-state index is 1.64. The summed E-state index contributed by atoms with van der Waals surface area (Å²) in [6.45, 7) is 0. The van der Waals surface area contributed by atoms with Gasteiger partial charge in [-0.2, -0.15) is 0 Å². The molecule has 76 valence electrons. The molecule has 0 heterocycles. The van der Waals surface area contributed by atoms with Gasteiger partial charge in [-0.05, 0) is 5.04 Å². The van der Waals surface area contributed by atoms with Crippen molar-refractivity contribution in [2.75, 3.05) is 0 Å². The Bertz CT molecular complexity index is 188. The van der Waals surface area contributed by atoms with Gasteiger partial charge in [-0.25, -0.2) is 14.8 Å². The number of carbonyl (C=O) groups excluding carboxylic acids is 1. The molecule has 13 heavy (non-hydrogen) atoms. The van der Waals surface area contributed by atoms with Crippen LogP contribution in [0.25, 0.3) is 0 Å². The fourth-order valence-electron chi connectivity index (χ4n) is 0.362. The van der Waals surface area contributed by atoms with Crippen molar-refractivity contribution in [3.8, 4) is 0 Å². The molecule has 0 saturated heterocycles. The van der Waals surface area contributed by atoms with Gasteiger partial charge in [0.1, 0.15) is 0 Å². The zero-order valence-corrected chi connectivity index (χ0v) is 5.98. The lowest BCUT2D eigenvalue weighted by Gasteiger charge is -2.09. The molecule has 0 amide bonds. The smallest absolute Gasteiger partial charge is 0.377 e. The fraction of sp³-hybridized carbons (Fsp3) is 0.500. The van der Waals surface area contributed by atoms with Gasteiger partial charge in [0.2, 0.25) is 0 Å². The number of rotatable bonds is 5. The molecule has 2 unspecified atom stereocenters. The van der Waals surface area contributed by atoms with Gasteiger partial charge >= 0.3 is 11.9 Å². The van der Waals surface area contributed by atoms with Gasteiger partial charge in [0.25, 0.3) is 0 Å². The number of hydrogen-bond donors (Lipinski definition) is 4. The third-order valence-corrected chi connectivity index (χ3v) is 0.940. The summed E-state index contributed by atoms with van der Waals surface area (Å²) in [6.07, 6.45) is -4.69. The topological polar surface area (TPSA) is 143 Å². The number of aliphatic carboxylic acids is 1. The SMILES string of the molecule is O=C(O)C(O)C(O)C(=O)OOOO. The Morgan fingerprint density at radius 2 is 1.69 bits per heavy atom. The summed E-state index contributed by atoms with van der Waals surface area (Å²) in [5.41, 5.74) is 0. The zero-order valence-electron chi connectivity index (χ0n) is 5.98. The van der Waals surface area contributed by atoms with Crippen LogP contribution in [0, 0.1) is 0 Å². The lowest BCUT2D eigenvalue weighted by atomic mass is 10.2. The highest BCUT2D eigenvalue weighted by molar-refractivity contribution is 5.83. The third kappa shape index (κ3) is 3.78. The average Bonchev–Trinajstić information content (AvgIpc) is 2.11. The van der Waals surface area contributed by atoms with E-state index >= 15 is 0 Å². The predicted molar refractivity (Wildman–Crippen MR) is 30.5 cm³/mol. The first kappa shape index (κ1) is 11.7. The number of carboxylic acids is 1. The van der Waals surface area contributed by atoms with E-state index in [-0.39, 0.29) is 0 Å². The molecule has 0 aliphatic rings. The standard InChI is InChI=1S/C4H6O9/c5-1(3(7)8)2(6)4(9)11-13-12-10/h1-2,5-6,10H,(H,7,8). The van der Waals surface area contributed by atoms with E-state index in [2.05, 4.69) is 15.0 Å². The summed E-state index contributed by atoms with van der Waals surface area (Å²) >= 11 is 0. The van der Waals surface area contributed by atoms with Crippen LogP contribution in [0.4, 0.5) is 0 Å². The molecule has 4 N–H and O–H groups in total. The maximum Gasteiger partial charge on any atom is 0.377 e. The van der Waals surface area contributed by atoms with E-state index in [0.717, 1.165) is 0 Å². The van der Waals surface area contributed by atoms with Gasteiger partial charge in [-0.1, -0.05) is 0 Å². The van der Waals surface area contributed by atoms with Crippen molar-refractivity contribution in [1.82, 2.24) is 0 Å². The van der Waals surface area contributed by atoms with E-state index in [4.69, 9.17) is 20.6 Å². The molecule has 2 atom stereocenters. The molecule has 0 aromatic rings.